The first-order chi connectivity index (χ1) is 14.0. The zero-order chi connectivity index (χ0) is 20.7. The summed E-state index contributed by atoms with van der Waals surface area (Å²) in [6.45, 7) is 0. The molecule has 0 unspecified atom stereocenters. The quantitative estimate of drug-likeness (QED) is 0.401. The van der Waals surface area contributed by atoms with Crippen LogP contribution < -0.4 is 15.0 Å². The van der Waals surface area contributed by atoms with Crippen LogP contribution in [0.1, 0.15) is 5.56 Å². The van der Waals surface area contributed by atoms with E-state index in [1.807, 2.05) is 6.07 Å². The van der Waals surface area contributed by atoms with Gasteiger partial charge in [0.1, 0.15) is 5.69 Å². The summed E-state index contributed by atoms with van der Waals surface area (Å²) >= 11 is 0. The van der Waals surface area contributed by atoms with Crippen molar-refractivity contribution in [1.29, 1.82) is 5.26 Å². The molecule has 10 nitrogen and oxygen atoms in total. The van der Waals surface area contributed by atoms with Gasteiger partial charge in [0.15, 0.2) is 17.2 Å². The molecule has 4 rings (SSSR count). The second kappa shape index (κ2) is 6.65. The van der Waals surface area contributed by atoms with Gasteiger partial charge in [0.2, 0.25) is 0 Å². The Morgan fingerprint density at radius 3 is 2.48 bits per heavy atom. The molecule has 0 fully saturated rings. The first kappa shape index (κ1) is 18.0. The molecule has 0 saturated carbocycles. The maximum Gasteiger partial charge on any atom is 0.304 e. The molecule has 0 amide bonds. The average molecular weight is 391 g/mol. The average Bonchev–Trinajstić information content (AvgIpc) is 3.10. The number of aromatic nitrogens is 3. The first-order valence-corrected chi connectivity index (χ1v) is 8.33. The Labute approximate surface area is 162 Å². The molecule has 29 heavy (non-hydrogen) atoms. The SMILES string of the molecule is COc1cc2nc(-c3[nH]c4ccc(C#N)cc4c3[N+](=O)[O-])c(=O)[nH]c2cc1OC. The largest absolute Gasteiger partial charge is 0.493 e. The summed E-state index contributed by atoms with van der Waals surface area (Å²) in [4.78, 5) is 33.7. The molecule has 0 radical (unpaired) electrons. The maximum atomic E-state index is 12.7. The molecule has 2 aromatic heterocycles. The monoisotopic (exact) mass is 391 g/mol. The minimum absolute atomic E-state index is 0.0435. The minimum atomic E-state index is -0.611. The number of benzene rings is 2. The second-order valence-electron chi connectivity index (χ2n) is 6.12. The van der Waals surface area contributed by atoms with E-state index in [2.05, 4.69) is 15.0 Å². The summed E-state index contributed by atoms with van der Waals surface area (Å²) in [6, 6.07) is 9.55. The Hall–Kier alpha value is -4.39. The fraction of sp³-hybridized carbons (Fsp3) is 0.105. The van der Waals surface area contributed by atoms with Gasteiger partial charge in [0, 0.05) is 12.1 Å². The summed E-state index contributed by atoms with van der Waals surface area (Å²) in [5, 5.41) is 21.1. The van der Waals surface area contributed by atoms with E-state index in [9.17, 15) is 14.9 Å². The predicted octanol–water partition coefficient (Wildman–Crippen LogP) is 2.87. The summed E-state index contributed by atoms with van der Waals surface area (Å²) in [5.74, 6) is 0.807. The number of rotatable bonds is 4. The van der Waals surface area contributed by atoms with Gasteiger partial charge in [-0.25, -0.2) is 4.98 Å². The van der Waals surface area contributed by atoms with Crippen LogP contribution in [-0.2, 0) is 0 Å². The van der Waals surface area contributed by atoms with Gasteiger partial charge >= 0.3 is 5.69 Å². The van der Waals surface area contributed by atoms with Gasteiger partial charge in [0.05, 0.1) is 52.7 Å². The van der Waals surface area contributed by atoms with Crippen LogP contribution in [0.15, 0.2) is 35.1 Å². The van der Waals surface area contributed by atoms with E-state index in [1.54, 1.807) is 18.2 Å². The zero-order valence-corrected chi connectivity index (χ0v) is 15.3. The van der Waals surface area contributed by atoms with E-state index in [1.165, 1.54) is 26.4 Å². The van der Waals surface area contributed by atoms with Crippen molar-refractivity contribution in [3.05, 3.63) is 56.4 Å². The first-order valence-electron chi connectivity index (χ1n) is 8.33. The minimum Gasteiger partial charge on any atom is -0.493 e. The fourth-order valence-electron chi connectivity index (χ4n) is 3.19. The molecule has 0 saturated heterocycles. The van der Waals surface area contributed by atoms with Crippen molar-refractivity contribution in [2.45, 2.75) is 0 Å². The lowest BCUT2D eigenvalue weighted by Gasteiger charge is -2.09. The van der Waals surface area contributed by atoms with Crippen LogP contribution >= 0.6 is 0 Å². The molecule has 10 heteroatoms. The van der Waals surface area contributed by atoms with Crippen molar-refractivity contribution < 1.29 is 14.4 Å². The molecule has 2 heterocycles. The third kappa shape index (κ3) is 2.81. The van der Waals surface area contributed by atoms with Crippen molar-refractivity contribution >= 4 is 27.6 Å². The highest BCUT2D eigenvalue weighted by molar-refractivity contribution is 5.98. The molecule has 4 aromatic rings. The number of H-pyrrole nitrogens is 2. The van der Waals surface area contributed by atoms with Gasteiger partial charge in [-0.05, 0) is 18.2 Å². The summed E-state index contributed by atoms with van der Waals surface area (Å²) in [5.41, 5.74) is 0.312. The summed E-state index contributed by atoms with van der Waals surface area (Å²) < 4.78 is 10.5. The number of nitriles is 1. The lowest BCUT2D eigenvalue weighted by Crippen LogP contribution is -2.12. The van der Waals surface area contributed by atoms with E-state index in [0.717, 1.165) is 0 Å². The summed E-state index contributed by atoms with van der Waals surface area (Å²) in [6.07, 6.45) is 0. The molecule has 144 valence electrons. The second-order valence-corrected chi connectivity index (χ2v) is 6.12. The molecular formula is C19H13N5O5. The van der Waals surface area contributed by atoms with Crippen LogP contribution in [0.25, 0.3) is 33.3 Å². The number of fused-ring (bicyclic) bond motifs is 2. The molecular weight excluding hydrogens is 378 g/mol. The van der Waals surface area contributed by atoms with Crippen molar-refractivity contribution in [2.24, 2.45) is 0 Å². The Bertz CT molecular complexity index is 1400. The number of nitrogens with one attached hydrogen (secondary N) is 2. The van der Waals surface area contributed by atoms with Gasteiger partial charge in [-0.3, -0.25) is 14.9 Å². The number of nitrogens with zero attached hydrogens (tertiary/aromatic N) is 3. The summed E-state index contributed by atoms with van der Waals surface area (Å²) in [7, 11) is 2.93. The number of nitro groups is 1. The van der Waals surface area contributed by atoms with E-state index >= 15 is 0 Å². The van der Waals surface area contributed by atoms with Crippen molar-refractivity contribution in [2.75, 3.05) is 14.2 Å². The van der Waals surface area contributed by atoms with Gasteiger partial charge in [0.25, 0.3) is 5.56 Å². The van der Waals surface area contributed by atoms with Crippen LogP contribution in [0, 0.1) is 21.4 Å². The van der Waals surface area contributed by atoms with Crippen molar-refractivity contribution in [1.82, 2.24) is 15.0 Å². The van der Waals surface area contributed by atoms with Gasteiger partial charge in [-0.2, -0.15) is 5.26 Å². The number of aromatic amines is 2. The molecule has 0 aliphatic rings. The maximum absolute atomic E-state index is 12.7. The highest BCUT2D eigenvalue weighted by Crippen LogP contribution is 2.36. The Balaban J connectivity index is 2.04. The van der Waals surface area contributed by atoms with Crippen LogP contribution in [0.5, 0.6) is 11.5 Å². The number of methoxy groups -OCH3 is 2. The van der Waals surface area contributed by atoms with E-state index in [-0.39, 0.29) is 28.0 Å². The van der Waals surface area contributed by atoms with Gasteiger partial charge < -0.3 is 19.4 Å². The van der Waals surface area contributed by atoms with Gasteiger partial charge in [-0.15, -0.1) is 0 Å². The van der Waals surface area contributed by atoms with E-state index < -0.39 is 10.5 Å². The van der Waals surface area contributed by atoms with E-state index in [4.69, 9.17) is 14.7 Å². The normalized spacial score (nSPS) is 10.8. The molecule has 0 aliphatic heterocycles. The lowest BCUT2D eigenvalue weighted by atomic mass is 10.1. The van der Waals surface area contributed by atoms with Crippen LogP contribution in [0.3, 0.4) is 0 Å². The third-order valence-electron chi connectivity index (χ3n) is 4.52. The smallest absolute Gasteiger partial charge is 0.304 e. The predicted molar refractivity (Wildman–Crippen MR) is 104 cm³/mol. The molecule has 2 aromatic carbocycles. The topological polar surface area (TPSA) is 147 Å². The molecule has 2 N–H and O–H groups in total. The lowest BCUT2D eigenvalue weighted by molar-refractivity contribution is -0.382. The van der Waals surface area contributed by atoms with Crippen LogP contribution in [0.2, 0.25) is 0 Å². The molecule has 0 aliphatic carbocycles. The molecule has 0 bridgehead atoms. The Kier molecular flexibility index (Phi) is 4.13. The van der Waals surface area contributed by atoms with Crippen LogP contribution in [-0.4, -0.2) is 34.1 Å². The molecule has 0 spiro atoms. The third-order valence-corrected chi connectivity index (χ3v) is 4.52. The fourth-order valence-corrected chi connectivity index (χ4v) is 3.19. The number of ether oxygens (including phenoxy) is 2. The Morgan fingerprint density at radius 1 is 1.10 bits per heavy atom. The molecule has 0 atom stereocenters. The van der Waals surface area contributed by atoms with Crippen molar-refractivity contribution in [3.63, 3.8) is 0 Å². The Morgan fingerprint density at radius 2 is 1.83 bits per heavy atom. The number of hydrogen-bond donors (Lipinski definition) is 2. The van der Waals surface area contributed by atoms with Crippen LogP contribution in [0.4, 0.5) is 5.69 Å². The van der Waals surface area contributed by atoms with E-state index in [0.29, 0.717) is 28.0 Å². The van der Waals surface area contributed by atoms with Crippen molar-refractivity contribution in [3.8, 4) is 29.0 Å². The zero-order valence-electron chi connectivity index (χ0n) is 15.3. The highest BCUT2D eigenvalue weighted by Gasteiger charge is 2.26. The highest BCUT2D eigenvalue weighted by atomic mass is 16.6. The standard InChI is InChI=1S/C19H13N5O5/c1-28-14-6-12-13(7-15(14)29-2)23-19(25)17(22-12)16-18(24(26)27)10-5-9(8-20)3-4-11(10)21-16/h3-7,21H,1-2H3,(H,23,25). The van der Waals surface area contributed by atoms with Gasteiger partial charge in [-0.1, -0.05) is 0 Å². The number of hydrogen-bond acceptors (Lipinski definition) is 7.